The van der Waals surface area contributed by atoms with Gasteiger partial charge in [-0.3, -0.25) is 9.89 Å². The first-order valence-corrected chi connectivity index (χ1v) is 9.62. The van der Waals surface area contributed by atoms with Gasteiger partial charge in [-0.2, -0.15) is 5.10 Å². The highest BCUT2D eigenvalue weighted by Crippen LogP contribution is 2.22. The zero-order chi connectivity index (χ0) is 20.5. The molecule has 1 amide bonds. The molecule has 29 heavy (non-hydrogen) atoms. The number of aromatic nitrogens is 4. The van der Waals surface area contributed by atoms with Crippen LogP contribution in [0.2, 0.25) is 0 Å². The summed E-state index contributed by atoms with van der Waals surface area (Å²) < 4.78 is 19.2. The fourth-order valence-electron chi connectivity index (χ4n) is 3.24. The Labute approximate surface area is 167 Å². The second-order valence-corrected chi connectivity index (χ2v) is 7.49. The zero-order valence-corrected chi connectivity index (χ0v) is 16.6. The number of H-pyrrole nitrogens is 1. The van der Waals surface area contributed by atoms with Crippen molar-refractivity contribution in [3.63, 3.8) is 0 Å². The number of nitrogens with one attached hydrogen (secondary N) is 1. The fourth-order valence-corrected chi connectivity index (χ4v) is 3.24. The molecule has 1 aliphatic rings. The van der Waals surface area contributed by atoms with Crippen LogP contribution in [0.4, 0.5) is 10.4 Å². The molecule has 1 aliphatic heterocycles. The number of halogens is 1. The average molecular weight is 398 g/mol. The summed E-state index contributed by atoms with van der Waals surface area (Å²) in [6.07, 6.45) is 0. The van der Waals surface area contributed by atoms with Gasteiger partial charge in [0, 0.05) is 37.7 Å². The van der Waals surface area contributed by atoms with Gasteiger partial charge in [-0.15, -0.1) is 5.10 Å². The van der Waals surface area contributed by atoms with Crippen molar-refractivity contribution in [2.75, 3.05) is 31.1 Å². The van der Waals surface area contributed by atoms with Crippen LogP contribution in [0.15, 0.2) is 28.7 Å². The predicted molar refractivity (Wildman–Crippen MR) is 105 cm³/mol. The van der Waals surface area contributed by atoms with Crippen molar-refractivity contribution in [2.24, 2.45) is 0 Å². The molecule has 8 nitrogen and oxygen atoms in total. The summed E-state index contributed by atoms with van der Waals surface area (Å²) in [5.74, 6) is 0.411. The van der Waals surface area contributed by atoms with Crippen molar-refractivity contribution in [1.29, 1.82) is 0 Å². The minimum Gasteiger partial charge on any atom is -0.408 e. The summed E-state index contributed by atoms with van der Waals surface area (Å²) in [7, 11) is 0. The van der Waals surface area contributed by atoms with Gasteiger partial charge < -0.3 is 14.2 Å². The van der Waals surface area contributed by atoms with Crippen molar-refractivity contribution in [3.05, 3.63) is 47.2 Å². The highest BCUT2D eigenvalue weighted by atomic mass is 19.1. The van der Waals surface area contributed by atoms with Crippen LogP contribution in [0.25, 0.3) is 11.3 Å². The SMILES string of the molecule is Cc1cc(-c2cc(C(=O)N3CCN(c4nnc(C(C)C)o4)CC3)[nH]n2)ccc1F. The number of benzene rings is 1. The van der Waals surface area contributed by atoms with E-state index in [1.54, 1.807) is 30.0 Å². The third-order valence-corrected chi connectivity index (χ3v) is 5.02. The Morgan fingerprint density at radius 2 is 1.93 bits per heavy atom. The Morgan fingerprint density at radius 1 is 1.17 bits per heavy atom. The lowest BCUT2D eigenvalue weighted by Gasteiger charge is -2.33. The molecule has 0 saturated carbocycles. The third-order valence-electron chi connectivity index (χ3n) is 5.02. The number of nitrogens with zero attached hydrogens (tertiary/aromatic N) is 5. The first-order valence-electron chi connectivity index (χ1n) is 9.62. The molecule has 0 radical (unpaired) electrons. The second kappa shape index (κ2) is 7.65. The number of rotatable bonds is 4. The van der Waals surface area contributed by atoms with E-state index < -0.39 is 0 Å². The fraction of sp³-hybridized carbons (Fsp3) is 0.400. The Hall–Kier alpha value is -3.23. The highest BCUT2D eigenvalue weighted by Gasteiger charge is 2.26. The number of carbonyl (C=O) groups is 1. The molecule has 0 spiro atoms. The molecule has 0 aliphatic carbocycles. The van der Waals surface area contributed by atoms with Crippen molar-refractivity contribution in [2.45, 2.75) is 26.7 Å². The van der Waals surface area contributed by atoms with E-state index in [-0.39, 0.29) is 17.6 Å². The van der Waals surface area contributed by atoms with Crippen molar-refractivity contribution >= 4 is 11.9 Å². The standard InChI is InChI=1S/C20H23FN6O2/c1-12(2)18-24-25-20(29-18)27-8-6-26(7-9-27)19(28)17-11-16(22-23-17)14-4-5-15(21)13(3)10-14/h4-5,10-12H,6-9H2,1-3H3,(H,22,23). The van der Waals surface area contributed by atoms with E-state index in [9.17, 15) is 9.18 Å². The number of hydrogen-bond acceptors (Lipinski definition) is 6. The van der Waals surface area contributed by atoms with Gasteiger partial charge in [-0.25, -0.2) is 4.39 Å². The average Bonchev–Trinajstić information content (AvgIpc) is 3.40. The van der Waals surface area contributed by atoms with Crippen molar-refractivity contribution in [3.8, 4) is 11.3 Å². The molecule has 152 valence electrons. The first-order chi connectivity index (χ1) is 13.9. The number of amides is 1. The highest BCUT2D eigenvalue weighted by molar-refractivity contribution is 5.93. The summed E-state index contributed by atoms with van der Waals surface area (Å²) in [6.45, 7) is 8.02. The number of anilines is 1. The van der Waals surface area contributed by atoms with Gasteiger partial charge >= 0.3 is 6.01 Å². The third kappa shape index (κ3) is 3.85. The molecule has 0 atom stereocenters. The van der Waals surface area contributed by atoms with E-state index in [4.69, 9.17) is 4.42 Å². The van der Waals surface area contributed by atoms with Gasteiger partial charge in [0.2, 0.25) is 5.89 Å². The molecule has 2 aromatic heterocycles. The van der Waals surface area contributed by atoms with Crippen LogP contribution in [-0.2, 0) is 0 Å². The van der Waals surface area contributed by atoms with Crippen molar-refractivity contribution in [1.82, 2.24) is 25.3 Å². The number of aromatic amines is 1. The van der Waals surface area contributed by atoms with Gasteiger partial charge in [0.25, 0.3) is 5.91 Å². The van der Waals surface area contributed by atoms with Gasteiger partial charge in [0.1, 0.15) is 11.5 Å². The number of hydrogen-bond donors (Lipinski definition) is 1. The Morgan fingerprint density at radius 3 is 2.59 bits per heavy atom. The molecular weight excluding hydrogens is 375 g/mol. The van der Waals surface area contributed by atoms with Crippen LogP contribution in [0.3, 0.4) is 0 Å². The molecule has 3 heterocycles. The lowest BCUT2D eigenvalue weighted by molar-refractivity contribution is 0.0739. The lowest BCUT2D eigenvalue weighted by Crippen LogP contribution is -2.49. The van der Waals surface area contributed by atoms with Crippen LogP contribution in [0, 0.1) is 12.7 Å². The van der Waals surface area contributed by atoms with Crippen LogP contribution in [-0.4, -0.2) is 57.4 Å². The zero-order valence-electron chi connectivity index (χ0n) is 16.6. The van der Waals surface area contributed by atoms with Gasteiger partial charge in [-0.1, -0.05) is 18.9 Å². The van der Waals surface area contributed by atoms with Crippen LogP contribution in [0.1, 0.15) is 41.7 Å². The molecule has 0 unspecified atom stereocenters. The molecule has 1 aromatic carbocycles. The minimum absolute atomic E-state index is 0.115. The molecule has 0 bridgehead atoms. The predicted octanol–water partition coefficient (Wildman–Crippen LogP) is 2.99. The van der Waals surface area contributed by atoms with Crippen LogP contribution in [0.5, 0.6) is 0 Å². The number of piperazine rings is 1. The summed E-state index contributed by atoms with van der Waals surface area (Å²) >= 11 is 0. The van der Waals surface area contributed by atoms with Crippen LogP contribution < -0.4 is 4.90 Å². The maximum absolute atomic E-state index is 13.5. The topological polar surface area (TPSA) is 91.2 Å². The minimum atomic E-state index is -0.264. The number of aryl methyl sites for hydroxylation is 1. The Kier molecular flexibility index (Phi) is 5.04. The quantitative estimate of drug-likeness (QED) is 0.727. The normalized spacial score (nSPS) is 14.7. The van der Waals surface area contributed by atoms with Gasteiger partial charge in [0.05, 0.1) is 5.69 Å². The smallest absolute Gasteiger partial charge is 0.318 e. The summed E-state index contributed by atoms with van der Waals surface area (Å²) in [5, 5.41) is 15.2. The van der Waals surface area contributed by atoms with Gasteiger partial charge in [0.15, 0.2) is 0 Å². The summed E-state index contributed by atoms with van der Waals surface area (Å²) in [4.78, 5) is 16.6. The molecule has 1 fully saturated rings. The molecule has 4 rings (SSSR count). The Balaban J connectivity index is 1.41. The first kappa shape index (κ1) is 19.1. The molecule has 3 aromatic rings. The lowest BCUT2D eigenvalue weighted by atomic mass is 10.1. The van der Waals surface area contributed by atoms with E-state index in [1.165, 1.54) is 6.07 Å². The van der Waals surface area contributed by atoms with Crippen molar-refractivity contribution < 1.29 is 13.6 Å². The maximum atomic E-state index is 13.5. The molecule has 1 saturated heterocycles. The van der Waals surface area contributed by atoms with Crippen LogP contribution >= 0.6 is 0 Å². The monoisotopic (exact) mass is 398 g/mol. The van der Waals surface area contributed by atoms with Gasteiger partial charge in [-0.05, 0) is 36.8 Å². The van der Waals surface area contributed by atoms with E-state index in [0.717, 1.165) is 5.56 Å². The van der Waals surface area contributed by atoms with E-state index in [2.05, 4.69) is 20.4 Å². The molecule has 1 N–H and O–H groups in total. The molecular formula is C20H23FN6O2. The largest absolute Gasteiger partial charge is 0.408 e. The van der Waals surface area contributed by atoms with E-state index >= 15 is 0 Å². The number of carbonyl (C=O) groups excluding carboxylic acids is 1. The van der Waals surface area contributed by atoms with E-state index in [1.807, 2.05) is 18.7 Å². The second-order valence-electron chi connectivity index (χ2n) is 7.49. The molecule has 9 heteroatoms. The maximum Gasteiger partial charge on any atom is 0.318 e. The van der Waals surface area contributed by atoms with E-state index in [0.29, 0.717) is 55.0 Å². The Bertz CT molecular complexity index is 1020. The summed E-state index contributed by atoms with van der Waals surface area (Å²) in [5.41, 5.74) is 2.33. The summed E-state index contributed by atoms with van der Waals surface area (Å²) in [6, 6.07) is 6.98.